The van der Waals surface area contributed by atoms with Gasteiger partial charge in [-0.3, -0.25) is 0 Å². The summed E-state index contributed by atoms with van der Waals surface area (Å²) in [6.45, 7) is 0.750. The van der Waals surface area contributed by atoms with Crippen molar-refractivity contribution in [2.24, 2.45) is 0 Å². The summed E-state index contributed by atoms with van der Waals surface area (Å²) in [4.78, 5) is 4.70. The van der Waals surface area contributed by atoms with Crippen LogP contribution in [-0.2, 0) is 10.0 Å². The van der Waals surface area contributed by atoms with Crippen molar-refractivity contribution in [1.29, 1.82) is 0 Å². The Balaban J connectivity index is 1.42. The number of fused-ring (bicyclic) bond motifs is 1. The fourth-order valence-corrected chi connectivity index (χ4v) is 5.92. The Labute approximate surface area is 185 Å². The fraction of sp³-hybridized carbons (Fsp3) is 0.381. The van der Waals surface area contributed by atoms with E-state index < -0.39 is 10.0 Å². The minimum absolute atomic E-state index is 0.0840. The summed E-state index contributed by atoms with van der Waals surface area (Å²) in [6.07, 6.45) is 1.09. The zero-order valence-electron chi connectivity index (χ0n) is 17.5. The van der Waals surface area contributed by atoms with Crippen molar-refractivity contribution in [2.75, 3.05) is 34.4 Å². The lowest BCUT2D eigenvalue weighted by Gasteiger charge is -2.30. The number of aromatic nitrogens is 1. The summed E-state index contributed by atoms with van der Waals surface area (Å²) in [5, 5.41) is 0.587. The molecule has 0 atom stereocenters. The van der Waals surface area contributed by atoms with Gasteiger partial charge in [-0.05, 0) is 43.2 Å². The number of methoxy groups -OCH3 is 3. The molecule has 2 aromatic carbocycles. The molecule has 0 N–H and O–H groups in total. The highest BCUT2D eigenvalue weighted by atomic mass is 32.2. The highest BCUT2D eigenvalue weighted by Gasteiger charge is 2.31. The van der Waals surface area contributed by atoms with E-state index in [4.69, 9.17) is 18.9 Å². The van der Waals surface area contributed by atoms with Gasteiger partial charge in [0.25, 0.3) is 5.19 Å². The Bertz CT molecular complexity index is 1170. The monoisotopic (exact) mass is 464 g/mol. The molecule has 2 heterocycles. The molecule has 1 aromatic heterocycles. The van der Waals surface area contributed by atoms with Crippen molar-refractivity contribution in [3.63, 3.8) is 0 Å². The smallest absolute Gasteiger partial charge is 0.274 e. The first-order valence-corrected chi connectivity index (χ1v) is 12.0. The molecule has 3 aromatic rings. The van der Waals surface area contributed by atoms with Crippen LogP contribution in [0.2, 0.25) is 0 Å². The number of hydrogen-bond donors (Lipinski definition) is 0. The number of piperidine rings is 1. The third-order valence-corrected chi connectivity index (χ3v) is 8.04. The van der Waals surface area contributed by atoms with Gasteiger partial charge in [0.05, 0.1) is 36.4 Å². The van der Waals surface area contributed by atoms with Gasteiger partial charge in [0.1, 0.15) is 11.9 Å². The highest BCUT2D eigenvalue weighted by Crippen LogP contribution is 2.34. The SMILES string of the molecule is COc1ccc2nc(OC3CCN(S(=O)(=O)c4ccc(OC)c(OC)c4)CC3)sc2c1. The molecule has 1 saturated heterocycles. The van der Waals surface area contributed by atoms with Gasteiger partial charge in [-0.15, -0.1) is 0 Å². The largest absolute Gasteiger partial charge is 0.497 e. The predicted molar refractivity (Wildman–Crippen MR) is 118 cm³/mol. The number of thiazole rings is 1. The Morgan fingerprint density at radius 2 is 1.71 bits per heavy atom. The molecule has 166 valence electrons. The lowest BCUT2D eigenvalue weighted by molar-refractivity contribution is 0.135. The molecule has 0 spiro atoms. The molecule has 0 unspecified atom stereocenters. The van der Waals surface area contributed by atoms with Crippen molar-refractivity contribution in [1.82, 2.24) is 9.29 Å². The third-order valence-electron chi connectivity index (χ3n) is 5.24. The fourth-order valence-electron chi connectivity index (χ4n) is 3.52. The Kier molecular flexibility index (Phi) is 6.22. The van der Waals surface area contributed by atoms with Crippen LogP contribution < -0.4 is 18.9 Å². The molecule has 0 saturated carbocycles. The normalized spacial score (nSPS) is 15.7. The molecule has 1 aliphatic heterocycles. The van der Waals surface area contributed by atoms with Crippen LogP contribution in [0.25, 0.3) is 10.2 Å². The van der Waals surface area contributed by atoms with Gasteiger partial charge in [0.2, 0.25) is 10.0 Å². The molecular formula is C21H24N2O6S2. The molecule has 31 heavy (non-hydrogen) atoms. The zero-order chi connectivity index (χ0) is 22.0. The van der Waals surface area contributed by atoms with E-state index in [1.807, 2.05) is 18.2 Å². The van der Waals surface area contributed by atoms with Crippen LogP contribution >= 0.6 is 11.3 Å². The summed E-state index contributed by atoms with van der Waals surface area (Å²) in [5.74, 6) is 1.65. The molecule has 0 bridgehead atoms. The first-order chi connectivity index (χ1) is 14.9. The highest BCUT2D eigenvalue weighted by molar-refractivity contribution is 7.89. The summed E-state index contributed by atoms with van der Waals surface area (Å²) >= 11 is 1.46. The minimum atomic E-state index is -3.63. The lowest BCUT2D eigenvalue weighted by atomic mass is 10.1. The molecule has 1 fully saturated rings. The van der Waals surface area contributed by atoms with Crippen molar-refractivity contribution < 1.29 is 27.4 Å². The molecule has 10 heteroatoms. The van der Waals surface area contributed by atoms with E-state index in [1.165, 1.54) is 42.0 Å². The van der Waals surface area contributed by atoms with Crippen LogP contribution in [-0.4, -0.2) is 58.2 Å². The van der Waals surface area contributed by atoms with E-state index in [1.54, 1.807) is 13.2 Å². The second kappa shape index (κ2) is 8.89. The third kappa shape index (κ3) is 4.41. The van der Waals surface area contributed by atoms with Crippen molar-refractivity contribution in [2.45, 2.75) is 23.8 Å². The van der Waals surface area contributed by atoms with Gasteiger partial charge >= 0.3 is 0 Å². The summed E-state index contributed by atoms with van der Waals surface area (Å²) < 4.78 is 50.3. The minimum Gasteiger partial charge on any atom is -0.497 e. The van der Waals surface area contributed by atoms with Crippen LogP contribution in [0.3, 0.4) is 0 Å². The maximum Gasteiger partial charge on any atom is 0.274 e. The van der Waals surface area contributed by atoms with E-state index in [2.05, 4.69) is 4.98 Å². The summed E-state index contributed by atoms with van der Waals surface area (Å²) in [7, 11) is 0.994. The Morgan fingerprint density at radius 3 is 2.39 bits per heavy atom. The van der Waals surface area contributed by atoms with Gasteiger partial charge in [0.15, 0.2) is 11.5 Å². The zero-order valence-corrected chi connectivity index (χ0v) is 19.2. The number of benzene rings is 2. The first kappa shape index (κ1) is 21.7. The van der Waals surface area contributed by atoms with Crippen LogP contribution in [0.1, 0.15) is 12.8 Å². The van der Waals surface area contributed by atoms with Crippen molar-refractivity contribution >= 4 is 31.6 Å². The van der Waals surface area contributed by atoms with Crippen molar-refractivity contribution in [3.8, 4) is 22.4 Å². The van der Waals surface area contributed by atoms with E-state index in [0.717, 1.165) is 16.0 Å². The van der Waals surface area contributed by atoms with Crippen LogP contribution in [0, 0.1) is 0 Å². The average molecular weight is 465 g/mol. The molecule has 8 nitrogen and oxygen atoms in total. The lowest BCUT2D eigenvalue weighted by Crippen LogP contribution is -2.41. The number of sulfonamides is 1. The van der Waals surface area contributed by atoms with Crippen LogP contribution in [0.4, 0.5) is 0 Å². The predicted octanol–water partition coefficient (Wildman–Crippen LogP) is 3.55. The molecular weight excluding hydrogens is 440 g/mol. The molecule has 0 amide bonds. The van der Waals surface area contributed by atoms with Crippen LogP contribution in [0.15, 0.2) is 41.3 Å². The molecule has 0 aliphatic carbocycles. The van der Waals surface area contributed by atoms with E-state index in [9.17, 15) is 8.42 Å². The number of nitrogens with zero attached hydrogens (tertiary/aromatic N) is 2. The van der Waals surface area contributed by atoms with Gasteiger partial charge in [-0.1, -0.05) is 11.3 Å². The maximum absolute atomic E-state index is 13.1. The molecule has 0 radical (unpaired) electrons. The quantitative estimate of drug-likeness (QED) is 0.528. The van der Waals surface area contributed by atoms with E-state index >= 15 is 0 Å². The second-order valence-corrected chi connectivity index (χ2v) is 9.98. The van der Waals surface area contributed by atoms with Gasteiger partial charge in [-0.2, -0.15) is 4.31 Å². The summed E-state index contributed by atoms with van der Waals surface area (Å²) in [6, 6.07) is 10.3. The molecule has 1 aliphatic rings. The second-order valence-electron chi connectivity index (χ2n) is 7.05. The standard InChI is InChI=1S/C21H24N2O6S2/c1-26-15-4-6-17-20(12-15)30-21(22-17)29-14-8-10-23(11-9-14)31(24,25)16-5-7-18(27-2)19(13-16)28-3/h4-7,12-14H,8-11H2,1-3H3. The van der Waals surface area contributed by atoms with E-state index in [-0.39, 0.29) is 11.0 Å². The summed E-state index contributed by atoms with van der Waals surface area (Å²) in [5.41, 5.74) is 0.856. The number of rotatable bonds is 7. The van der Waals surface area contributed by atoms with Gasteiger partial charge in [0, 0.05) is 19.2 Å². The Morgan fingerprint density at radius 1 is 0.968 bits per heavy atom. The van der Waals surface area contributed by atoms with Gasteiger partial charge < -0.3 is 18.9 Å². The molecule has 4 rings (SSSR count). The first-order valence-electron chi connectivity index (χ1n) is 9.78. The van der Waals surface area contributed by atoms with Crippen LogP contribution in [0.5, 0.6) is 22.4 Å². The van der Waals surface area contributed by atoms with Crippen molar-refractivity contribution in [3.05, 3.63) is 36.4 Å². The number of hydrogen-bond acceptors (Lipinski definition) is 8. The number of ether oxygens (including phenoxy) is 4. The Hall–Kier alpha value is -2.56. The topological polar surface area (TPSA) is 87.2 Å². The van der Waals surface area contributed by atoms with E-state index in [0.29, 0.717) is 42.6 Å². The van der Waals surface area contributed by atoms with Gasteiger partial charge in [-0.25, -0.2) is 13.4 Å². The maximum atomic E-state index is 13.1. The average Bonchev–Trinajstić information content (AvgIpc) is 3.20.